The average molecular weight is 297 g/mol. The normalized spacial score (nSPS) is 12.2. The van der Waals surface area contributed by atoms with Gasteiger partial charge in [-0.25, -0.2) is 0 Å². The van der Waals surface area contributed by atoms with Gasteiger partial charge in [-0.1, -0.05) is 62.2 Å². The lowest BCUT2D eigenvalue weighted by molar-refractivity contribution is 0.302. The lowest BCUT2D eigenvalue weighted by atomic mass is 9.97. The van der Waals surface area contributed by atoms with E-state index in [4.69, 9.17) is 10.5 Å². The molecule has 0 heterocycles. The van der Waals surface area contributed by atoms with E-state index < -0.39 is 0 Å². The monoisotopic (exact) mass is 297 g/mol. The standard InChI is InChI=1S/C20H27NO/c1-4-5-11-19(21)18-12-15(2)20(16(3)13-18)22-14-17-9-7-6-8-10-17/h6-10,12-13,19H,4-5,11,14,21H2,1-3H3/t19-/m0/s1. The molecule has 22 heavy (non-hydrogen) atoms. The first-order valence-corrected chi connectivity index (χ1v) is 8.15. The zero-order chi connectivity index (χ0) is 15.9. The van der Waals surface area contributed by atoms with Gasteiger partial charge < -0.3 is 10.5 Å². The molecular formula is C20H27NO. The Morgan fingerprint density at radius 3 is 2.27 bits per heavy atom. The van der Waals surface area contributed by atoms with Crippen molar-refractivity contribution in [3.8, 4) is 5.75 Å². The minimum Gasteiger partial charge on any atom is -0.488 e. The lowest BCUT2D eigenvalue weighted by Crippen LogP contribution is -2.11. The van der Waals surface area contributed by atoms with Gasteiger partial charge in [0.1, 0.15) is 12.4 Å². The van der Waals surface area contributed by atoms with E-state index in [-0.39, 0.29) is 6.04 Å². The minimum atomic E-state index is 0.125. The quantitative estimate of drug-likeness (QED) is 0.774. The molecule has 1 atom stereocenters. The summed E-state index contributed by atoms with van der Waals surface area (Å²) in [6.45, 7) is 7.00. The van der Waals surface area contributed by atoms with E-state index in [2.05, 4.69) is 45.0 Å². The van der Waals surface area contributed by atoms with E-state index in [0.717, 1.165) is 23.3 Å². The van der Waals surface area contributed by atoms with Crippen LogP contribution in [-0.4, -0.2) is 0 Å². The number of aryl methyl sites for hydroxylation is 2. The zero-order valence-electron chi connectivity index (χ0n) is 13.9. The second-order valence-electron chi connectivity index (χ2n) is 6.01. The van der Waals surface area contributed by atoms with Gasteiger partial charge >= 0.3 is 0 Å². The molecule has 2 nitrogen and oxygen atoms in total. The molecule has 2 rings (SSSR count). The van der Waals surface area contributed by atoms with Crippen LogP contribution in [0.25, 0.3) is 0 Å². The van der Waals surface area contributed by atoms with Crippen LogP contribution in [0.5, 0.6) is 5.75 Å². The highest BCUT2D eigenvalue weighted by molar-refractivity contribution is 5.44. The van der Waals surface area contributed by atoms with Crippen molar-refractivity contribution in [3.63, 3.8) is 0 Å². The fourth-order valence-corrected chi connectivity index (χ4v) is 2.75. The fraction of sp³-hybridized carbons (Fsp3) is 0.400. The van der Waals surface area contributed by atoms with Crippen molar-refractivity contribution in [3.05, 3.63) is 64.7 Å². The maximum atomic E-state index is 6.29. The summed E-state index contributed by atoms with van der Waals surface area (Å²) < 4.78 is 6.03. The van der Waals surface area contributed by atoms with Gasteiger partial charge in [0.15, 0.2) is 0 Å². The maximum absolute atomic E-state index is 6.29. The molecule has 0 fully saturated rings. The molecule has 0 radical (unpaired) electrons. The maximum Gasteiger partial charge on any atom is 0.125 e. The number of hydrogen-bond donors (Lipinski definition) is 1. The first-order chi connectivity index (χ1) is 10.6. The Labute approximate surface area is 134 Å². The number of ether oxygens (including phenoxy) is 1. The van der Waals surface area contributed by atoms with E-state index in [1.54, 1.807) is 0 Å². The predicted octanol–water partition coefficient (Wildman–Crippen LogP) is 5.07. The van der Waals surface area contributed by atoms with Crippen molar-refractivity contribution < 1.29 is 4.74 Å². The van der Waals surface area contributed by atoms with Crippen molar-refractivity contribution in [1.29, 1.82) is 0 Å². The summed E-state index contributed by atoms with van der Waals surface area (Å²) in [5.41, 5.74) is 11.0. The summed E-state index contributed by atoms with van der Waals surface area (Å²) in [6, 6.07) is 14.7. The summed E-state index contributed by atoms with van der Waals surface area (Å²) in [5.74, 6) is 0.982. The SMILES string of the molecule is CCCC[C@H](N)c1cc(C)c(OCc2ccccc2)c(C)c1. The molecule has 0 saturated heterocycles. The van der Waals surface area contributed by atoms with Crippen molar-refractivity contribution in [2.75, 3.05) is 0 Å². The van der Waals surface area contributed by atoms with Crippen LogP contribution in [0.4, 0.5) is 0 Å². The number of rotatable bonds is 7. The third kappa shape index (κ3) is 4.35. The number of hydrogen-bond acceptors (Lipinski definition) is 2. The van der Waals surface area contributed by atoms with E-state index in [1.165, 1.54) is 24.0 Å². The van der Waals surface area contributed by atoms with Crippen molar-refractivity contribution in [2.45, 2.75) is 52.7 Å². The summed E-state index contributed by atoms with van der Waals surface area (Å²) in [4.78, 5) is 0. The second kappa shape index (κ2) is 8.00. The largest absolute Gasteiger partial charge is 0.488 e. The molecule has 0 bridgehead atoms. The lowest BCUT2D eigenvalue weighted by Gasteiger charge is -2.17. The molecule has 0 aliphatic heterocycles. The van der Waals surface area contributed by atoms with Crippen LogP contribution in [-0.2, 0) is 6.61 Å². The summed E-state index contributed by atoms with van der Waals surface area (Å²) in [6.07, 6.45) is 3.40. The first-order valence-electron chi connectivity index (χ1n) is 8.15. The summed E-state index contributed by atoms with van der Waals surface area (Å²) >= 11 is 0. The van der Waals surface area contributed by atoms with E-state index in [0.29, 0.717) is 6.61 Å². The molecule has 0 amide bonds. The smallest absolute Gasteiger partial charge is 0.125 e. The van der Waals surface area contributed by atoms with Gasteiger partial charge in [0.05, 0.1) is 0 Å². The van der Waals surface area contributed by atoms with Crippen molar-refractivity contribution >= 4 is 0 Å². The van der Waals surface area contributed by atoms with Crippen molar-refractivity contribution in [2.24, 2.45) is 5.73 Å². The van der Waals surface area contributed by atoms with Gasteiger partial charge in [-0.2, -0.15) is 0 Å². The van der Waals surface area contributed by atoms with E-state index >= 15 is 0 Å². The van der Waals surface area contributed by atoms with Gasteiger partial charge in [0.2, 0.25) is 0 Å². The molecular weight excluding hydrogens is 270 g/mol. The van der Waals surface area contributed by atoms with Crippen LogP contribution in [0.2, 0.25) is 0 Å². The van der Waals surface area contributed by atoms with Gasteiger partial charge in [0.25, 0.3) is 0 Å². The highest BCUT2D eigenvalue weighted by Gasteiger charge is 2.11. The van der Waals surface area contributed by atoms with Crippen LogP contribution in [0.1, 0.15) is 54.5 Å². The molecule has 2 aromatic carbocycles. The predicted molar refractivity (Wildman–Crippen MR) is 93.1 cm³/mol. The molecule has 0 unspecified atom stereocenters. The molecule has 2 aromatic rings. The van der Waals surface area contributed by atoms with Gasteiger partial charge in [-0.05, 0) is 42.5 Å². The van der Waals surface area contributed by atoms with Crippen LogP contribution < -0.4 is 10.5 Å². The molecule has 0 aliphatic rings. The Bertz CT molecular complexity index is 569. The molecule has 118 valence electrons. The highest BCUT2D eigenvalue weighted by atomic mass is 16.5. The molecule has 0 aliphatic carbocycles. The molecule has 0 spiro atoms. The number of benzene rings is 2. The van der Waals surface area contributed by atoms with Crippen LogP contribution in [0, 0.1) is 13.8 Å². The first kappa shape index (κ1) is 16.6. The fourth-order valence-electron chi connectivity index (χ4n) is 2.75. The zero-order valence-corrected chi connectivity index (χ0v) is 13.9. The Hall–Kier alpha value is -1.80. The number of nitrogens with two attached hydrogens (primary N) is 1. The topological polar surface area (TPSA) is 35.2 Å². The number of unbranched alkanes of at least 4 members (excludes halogenated alkanes) is 1. The van der Waals surface area contributed by atoms with E-state index in [9.17, 15) is 0 Å². The Morgan fingerprint density at radius 1 is 1.05 bits per heavy atom. The minimum absolute atomic E-state index is 0.125. The summed E-state index contributed by atoms with van der Waals surface area (Å²) in [5, 5.41) is 0. The van der Waals surface area contributed by atoms with Crippen LogP contribution >= 0.6 is 0 Å². The Balaban J connectivity index is 2.09. The van der Waals surface area contributed by atoms with Gasteiger partial charge in [-0.3, -0.25) is 0 Å². The third-order valence-corrected chi connectivity index (χ3v) is 4.01. The molecule has 2 N–H and O–H groups in total. The Kier molecular flexibility index (Phi) is 6.02. The second-order valence-corrected chi connectivity index (χ2v) is 6.01. The van der Waals surface area contributed by atoms with Crippen LogP contribution in [0.3, 0.4) is 0 Å². The van der Waals surface area contributed by atoms with Crippen molar-refractivity contribution in [1.82, 2.24) is 0 Å². The molecule has 0 aromatic heterocycles. The average Bonchev–Trinajstić information content (AvgIpc) is 2.52. The summed E-state index contributed by atoms with van der Waals surface area (Å²) in [7, 11) is 0. The van der Waals surface area contributed by atoms with Gasteiger partial charge in [-0.15, -0.1) is 0 Å². The van der Waals surface area contributed by atoms with E-state index in [1.807, 2.05) is 18.2 Å². The van der Waals surface area contributed by atoms with Gasteiger partial charge in [0, 0.05) is 6.04 Å². The Morgan fingerprint density at radius 2 is 1.68 bits per heavy atom. The third-order valence-electron chi connectivity index (χ3n) is 4.01. The molecule has 2 heteroatoms. The van der Waals surface area contributed by atoms with Crippen LogP contribution in [0.15, 0.2) is 42.5 Å². The highest BCUT2D eigenvalue weighted by Crippen LogP contribution is 2.29. The molecule has 0 saturated carbocycles.